The van der Waals surface area contributed by atoms with Gasteiger partial charge in [-0.1, -0.05) is 18.2 Å². The first-order valence-electron chi connectivity index (χ1n) is 4.78. The van der Waals surface area contributed by atoms with Crippen molar-refractivity contribution in [3.8, 4) is 0 Å². The molecule has 0 amide bonds. The van der Waals surface area contributed by atoms with E-state index >= 15 is 0 Å². The second kappa shape index (κ2) is 5.46. The van der Waals surface area contributed by atoms with Gasteiger partial charge in [-0.2, -0.15) is 0 Å². The van der Waals surface area contributed by atoms with Gasteiger partial charge < -0.3 is 15.3 Å². The molecule has 0 unspecified atom stereocenters. The normalized spacial score (nSPS) is 9.62. The minimum atomic E-state index is -0.856. The molecule has 2 N–H and O–H groups in total. The molecule has 0 saturated carbocycles. The van der Waals surface area contributed by atoms with E-state index in [-0.39, 0.29) is 6.42 Å². The molecule has 0 saturated heterocycles. The molecule has 0 aliphatic heterocycles. The van der Waals surface area contributed by atoms with Gasteiger partial charge in [0.2, 0.25) is 0 Å². The third-order valence-corrected chi connectivity index (χ3v) is 2.47. The van der Waals surface area contributed by atoms with Crippen LogP contribution in [0.25, 0.3) is 0 Å². The fraction of sp³-hybridized carbons (Fsp3) is 0.273. The largest absolute Gasteiger partial charge is 0.481 e. The molecule has 0 aliphatic rings. The van der Waals surface area contributed by atoms with E-state index < -0.39 is 5.97 Å². The standard InChI is InChI=1S/C11H14N2O2S/c1-13(2)11(16)12-9-6-4-3-5-8(9)7-10(14)15/h3-6H,7H2,1-2H3,(H,12,16)(H,14,15). The van der Waals surface area contributed by atoms with Crippen LogP contribution in [0.4, 0.5) is 5.69 Å². The van der Waals surface area contributed by atoms with E-state index in [1.54, 1.807) is 11.0 Å². The average molecular weight is 238 g/mol. The predicted molar refractivity (Wildman–Crippen MR) is 67.7 cm³/mol. The van der Waals surface area contributed by atoms with E-state index in [9.17, 15) is 4.79 Å². The molecule has 0 heterocycles. The van der Waals surface area contributed by atoms with Gasteiger partial charge in [0.1, 0.15) is 0 Å². The molecule has 0 aliphatic carbocycles. The molecular formula is C11H14N2O2S. The average Bonchev–Trinajstić information content (AvgIpc) is 2.20. The molecule has 0 bridgehead atoms. The number of carboxylic acids is 1. The number of hydrogen-bond acceptors (Lipinski definition) is 2. The summed E-state index contributed by atoms with van der Waals surface area (Å²) < 4.78 is 0. The number of carboxylic acid groups (broad SMARTS) is 1. The van der Waals surface area contributed by atoms with Crippen LogP contribution in [0.5, 0.6) is 0 Å². The summed E-state index contributed by atoms with van der Waals surface area (Å²) in [7, 11) is 3.66. The quantitative estimate of drug-likeness (QED) is 0.783. The van der Waals surface area contributed by atoms with Gasteiger partial charge in [-0.25, -0.2) is 0 Å². The number of thiocarbonyl (C=S) groups is 1. The summed E-state index contributed by atoms with van der Waals surface area (Å²) in [6.45, 7) is 0. The van der Waals surface area contributed by atoms with Gasteiger partial charge >= 0.3 is 5.97 Å². The van der Waals surface area contributed by atoms with Crippen LogP contribution in [0.3, 0.4) is 0 Å². The topological polar surface area (TPSA) is 52.6 Å². The second-order valence-electron chi connectivity index (χ2n) is 3.55. The Kier molecular flexibility index (Phi) is 4.25. The number of anilines is 1. The Balaban J connectivity index is 2.86. The zero-order valence-corrected chi connectivity index (χ0v) is 10.0. The lowest BCUT2D eigenvalue weighted by atomic mass is 10.1. The van der Waals surface area contributed by atoms with Crippen LogP contribution in [0.15, 0.2) is 24.3 Å². The Bertz CT molecular complexity index is 405. The maximum Gasteiger partial charge on any atom is 0.307 e. The molecule has 86 valence electrons. The van der Waals surface area contributed by atoms with Crippen molar-refractivity contribution >= 4 is 29.0 Å². The van der Waals surface area contributed by atoms with Gasteiger partial charge in [-0.05, 0) is 23.8 Å². The van der Waals surface area contributed by atoms with Crippen molar-refractivity contribution in [3.05, 3.63) is 29.8 Å². The highest BCUT2D eigenvalue weighted by Gasteiger charge is 2.07. The Morgan fingerprint density at radius 3 is 2.62 bits per heavy atom. The summed E-state index contributed by atoms with van der Waals surface area (Å²) in [5.74, 6) is -0.856. The van der Waals surface area contributed by atoms with Crippen LogP contribution >= 0.6 is 12.2 Å². The van der Waals surface area contributed by atoms with Crippen molar-refractivity contribution in [2.75, 3.05) is 19.4 Å². The first kappa shape index (κ1) is 12.4. The third kappa shape index (κ3) is 3.51. The zero-order chi connectivity index (χ0) is 12.1. The maximum atomic E-state index is 10.7. The predicted octanol–water partition coefficient (Wildman–Crippen LogP) is 1.57. The number of aliphatic carboxylic acids is 1. The van der Waals surface area contributed by atoms with Gasteiger partial charge in [-0.3, -0.25) is 4.79 Å². The lowest BCUT2D eigenvalue weighted by Gasteiger charge is -2.17. The Hall–Kier alpha value is -1.62. The van der Waals surface area contributed by atoms with Crippen molar-refractivity contribution in [3.63, 3.8) is 0 Å². The third-order valence-electron chi connectivity index (χ3n) is 2.01. The van der Waals surface area contributed by atoms with Crippen molar-refractivity contribution < 1.29 is 9.90 Å². The summed E-state index contributed by atoms with van der Waals surface area (Å²) in [5, 5.41) is 12.3. The van der Waals surface area contributed by atoms with Crippen LogP contribution in [0, 0.1) is 0 Å². The molecule has 0 atom stereocenters. The van der Waals surface area contributed by atoms with Crippen molar-refractivity contribution in [2.45, 2.75) is 6.42 Å². The van der Waals surface area contributed by atoms with E-state index in [1.807, 2.05) is 32.3 Å². The lowest BCUT2D eigenvalue weighted by Crippen LogP contribution is -2.27. The zero-order valence-electron chi connectivity index (χ0n) is 9.23. The molecule has 1 aromatic carbocycles. The molecule has 0 fully saturated rings. The first-order valence-corrected chi connectivity index (χ1v) is 5.19. The smallest absolute Gasteiger partial charge is 0.307 e. The first-order chi connectivity index (χ1) is 7.50. The monoisotopic (exact) mass is 238 g/mol. The molecule has 0 aromatic heterocycles. The molecule has 5 heteroatoms. The number of benzene rings is 1. The number of hydrogen-bond donors (Lipinski definition) is 2. The van der Waals surface area contributed by atoms with Gasteiger partial charge in [0.25, 0.3) is 0 Å². The van der Waals surface area contributed by atoms with Gasteiger partial charge in [-0.15, -0.1) is 0 Å². The molecule has 0 spiro atoms. The van der Waals surface area contributed by atoms with Crippen LogP contribution in [0.2, 0.25) is 0 Å². The molecule has 1 rings (SSSR count). The fourth-order valence-corrected chi connectivity index (χ4v) is 1.30. The van der Waals surface area contributed by atoms with E-state index in [0.29, 0.717) is 5.11 Å². The SMILES string of the molecule is CN(C)C(=S)Nc1ccccc1CC(=O)O. The molecule has 0 radical (unpaired) electrons. The Labute approximate surface area is 99.9 Å². The second-order valence-corrected chi connectivity index (χ2v) is 3.94. The summed E-state index contributed by atoms with van der Waals surface area (Å²) in [6.07, 6.45) is -0.0147. The summed E-state index contributed by atoms with van der Waals surface area (Å²) in [5.41, 5.74) is 1.46. The molecule has 16 heavy (non-hydrogen) atoms. The van der Waals surface area contributed by atoms with Crippen molar-refractivity contribution in [1.29, 1.82) is 0 Å². The number of nitrogens with zero attached hydrogens (tertiary/aromatic N) is 1. The highest BCUT2D eigenvalue weighted by Crippen LogP contribution is 2.16. The Morgan fingerprint density at radius 1 is 1.44 bits per heavy atom. The van der Waals surface area contributed by atoms with Crippen LogP contribution in [0.1, 0.15) is 5.56 Å². The van der Waals surface area contributed by atoms with E-state index in [1.165, 1.54) is 0 Å². The van der Waals surface area contributed by atoms with Gasteiger partial charge in [0.15, 0.2) is 5.11 Å². The van der Waals surface area contributed by atoms with Crippen LogP contribution < -0.4 is 5.32 Å². The number of para-hydroxylation sites is 1. The molecule has 4 nitrogen and oxygen atoms in total. The highest BCUT2D eigenvalue weighted by atomic mass is 32.1. The van der Waals surface area contributed by atoms with Gasteiger partial charge in [0, 0.05) is 19.8 Å². The highest BCUT2D eigenvalue weighted by molar-refractivity contribution is 7.80. The minimum absolute atomic E-state index is 0.0147. The number of carbonyl (C=O) groups is 1. The van der Waals surface area contributed by atoms with E-state index in [0.717, 1.165) is 11.3 Å². The fourth-order valence-electron chi connectivity index (χ4n) is 1.19. The molecule has 1 aromatic rings. The maximum absolute atomic E-state index is 10.7. The summed E-state index contributed by atoms with van der Waals surface area (Å²) in [4.78, 5) is 12.4. The van der Waals surface area contributed by atoms with Crippen LogP contribution in [-0.2, 0) is 11.2 Å². The minimum Gasteiger partial charge on any atom is -0.481 e. The van der Waals surface area contributed by atoms with E-state index in [2.05, 4.69) is 5.32 Å². The summed E-state index contributed by atoms with van der Waals surface area (Å²) >= 11 is 5.10. The van der Waals surface area contributed by atoms with Crippen LogP contribution in [-0.4, -0.2) is 35.2 Å². The Morgan fingerprint density at radius 2 is 2.06 bits per heavy atom. The summed E-state index contributed by atoms with van der Waals surface area (Å²) in [6, 6.07) is 7.23. The van der Waals surface area contributed by atoms with E-state index in [4.69, 9.17) is 17.3 Å². The number of rotatable bonds is 3. The van der Waals surface area contributed by atoms with Crippen molar-refractivity contribution in [1.82, 2.24) is 4.90 Å². The van der Waals surface area contributed by atoms with Crippen molar-refractivity contribution in [2.24, 2.45) is 0 Å². The molecular weight excluding hydrogens is 224 g/mol. The lowest BCUT2D eigenvalue weighted by molar-refractivity contribution is -0.136. The number of nitrogens with one attached hydrogen (secondary N) is 1. The van der Waals surface area contributed by atoms with Gasteiger partial charge in [0.05, 0.1) is 6.42 Å².